The van der Waals surface area contributed by atoms with Gasteiger partial charge >= 0.3 is 0 Å². The molecule has 3 N–H and O–H groups in total. The molecule has 0 saturated carbocycles. The van der Waals surface area contributed by atoms with Crippen LogP contribution in [0, 0.1) is 26.2 Å². The second-order valence-corrected chi connectivity index (χ2v) is 21.3. The number of aliphatic imine (C=N–C) groups is 1. The number of hydrogen-bond donors (Lipinski definition) is 3. The Morgan fingerprint density at radius 1 is 0.842 bits per heavy atom. The van der Waals surface area contributed by atoms with Crippen molar-refractivity contribution < 1.29 is 42.9 Å². The monoisotopic (exact) mass is 1040 g/mol. The summed E-state index contributed by atoms with van der Waals surface area (Å²) in [5, 5.41) is 25.6. The van der Waals surface area contributed by atoms with Gasteiger partial charge in [0.1, 0.15) is 30.3 Å². The van der Waals surface area contributed by atoms with Gasteiger partial charge in [-0.2, -0.15) is 0 Å². The maximum absolute atomic E-state index is 14.0. The van der Waals surface area contributed by atoms with E-state index < -0.39 is 41.5 Å². The molecule has 0 radical (unpaired) electrons. The third-order valence-electron chi connectivity index (χ3n) is 14.4. The zero-order valence-corrected chi connectivity index (χ0v) is 45.3. The Morgan fingerprint density at radius 3 is 2.25 bits per heavy atom. The first-order valence-corrected chi connectivity index (χ1v) is 26.3. The highest BCUT2D eigenvalue weighted by atomic mass is 16.5. The van der Waals surface area contributed by atoms with Gasteiger partial charge in [-0.15, -0.1) is 10.2 Å². The molecule has 3 amide bonds. The lowest BCUT2D eigenvalue weighted by Gasteiger charge is -2.35. The number of ether oxygens (including phenoxy) is 3. The van der Waals surface area contributed by atoms with Crippen molar-refractivity contribution in [1.29, 1.82) is 0 Å². The maximum Gasteiger partial charge on any atom is 0.246 e. The molecule has 0 spiro atoms. The van der Waals surface area contributed by atoms with E-state index in [1.165, 1.54) is 22.4 Å². The number of benzene rings is 3. The number of aliphatic hydroxyl groups is 1. The van der Waals surface area contributed by atoms with Gasteiger partial charge in [0.15, 0.2) is 23.8 Å². The SMILES string of the molecule is CC1=C(C)C2=C(C1)n1c(C)nnc1C(CC(=O)NC(C)c1ccc(OCCCOCCOCC(=O)N[C@H](C(=O)N3CC(O)C[C@H]3C(=O)CCc3ccc(-c4ocnc4C)cc3)C(C)(C)C)cc1)N=C2c1ccc(C)cc1. The van der Waals surface area contributed by atoms with Gasteiger partial charge in [0.2, 0.25) is 17.7 Å². The first-order valence-electron chi connectivity index (χ1n) is 26.3. The summed E-state index contributed by atoms with van der Waals surface area (Å²) in [6, 6.07) is 21.2. The van der Waals surface area contributed by atoms with Crippen LogP contribution in [0.1, 0.15) is 125 Å². The number of Topliss-reactive ketones (excluding diaryl/α,β-unsaturated/α-hetero) is 1. The number of nitrogens with one attached hydrogen (secondary N) is 2. The molecule has 3 aromatic carbocycles. The number of β-amino-alcohol motifs (C(OH)–C–C–N with tert-alkyl or cyclic N) is 1. The lowest BCUT2D eigenvalue weighted by molar-refractivity contribution is -0.144. The number of aryl methyl sites for hydroxylation is 4. The van der Waals surface area contributed by atoms with Crippen molar-refractivity contribution in [2.45, 2.75) is 131 Å². The first kappa shape index (κ1) is 55.2. The predicted molar refractivity (Wildman–Crippen MR) is 288 cm³/mol. The molecule has 4 heterocycles. The van der Waals surface area contributed by atoms with Crippen LogP contribution < -0.4 is 15.4 Å². The van der Waals surface area contributed by atoms with Gasteiger partial charge < -0.3 is 39.3 Å². The van der Waals surface area contributed by atoms with Crippen molar-refractivity contribution in [2.75, 3.05) is 39.6 Å². The summed E-state index contributed by atoms with van der Waals surface area (Å²) in [4.78, 5) is 65.3. The molecule has 0 bridgehead atoms. The molecule has 8 rings (SSSR count). The van der Waals surface area contributed by atoms with Crippen LogP contribution in [0.3, 0.4) is 0 Å². The molecular formula is C59H72N8O9. The summed E-state index contributed by atoms with van der Waals surface area (Å²) in [6.07, 6.45) is 2.85. The Balaban J connectivity index is 0.733. The van der Waals surface area contributed by atoms with Crippen LogP contribution in [0.4, 0.5) is 0 Å². The van der Waals surface area contributed by atoms with Crippen molar-refractivity contribution in [3.05, 3.63) is 136 Å². The predicted octanol–water partition coefficient (Wildman–Crippen LogP) is 8.12. The van der Waals surface area contributed by atoms with E-state index in [4.69, 9.17) is 23.6 Å². The normalized spacial score (nSPS) is 18.2. The van der Waals surface area contributed by atoms with E-state index in [2.05, 4.69) is 75.4 Å². The summed E-state index contributed by atoms with van der Waals surface area (Å²) in [6.45, 7) is 18.6. The van der Waals surface area contributed by atoms with Crippen LogP contribution in [0.15, 0.2) is 105 Å². The number of allylic oxidation sites excluding steroid dienone is 4. The minimum atomic E-state index is -0.954. The number of aliphatic hydroxyl groups excluding tert-OH is 1. The van der Waals surface area contributed by atoms with Gasteiger partial charge in [0.25, 0.3) is 0 Å². The van der Waals surface area contributed by atoms with Gasteiger partial charge in [-0.05, 0) is 82.2 Å². The number of rotatable bonds is 22. The average Bonchev–Trinajstić information content (AvgIpc) is 4.20. The molecule has 3 aliphatic rings. The molecule has 5 atom stereocenters. The Hall–Kier alpha value is -7.08. The zero-order chi connectivity index (χ0) is 54.3. The lowest BCUT2D eigenvalue weighted by Crippen LogP contribution is -2.57. The van der Waals surface area contributed by atoms with Crippen LogP contribution in [-0.2, 0) is 35.1 Å². The average molecular weight is 1040 g/mol. The van der Waals surface area contributed by atoms with Crippen LogP contribution in [-0.4, -0.2) is 117 Å². The smallest absolute Gasteiger partial charge is 0.246 e. The van der Waals surface area contributed by atoms with E-state index in [0.717, 1.165) is 62.7 Å². The number of carbonyl (C=O) groups excluding carboxylic acids is 4. The molecule has 76 heavy (non-hydrogen) atoms. The topological polar surface area (TPSA) is 213 Å². The number of hydrogen-bond acceptors (Lipinski definition) is 13. The summed E-state index contributed by atoms with van der Waals surface area (Å²) in [5.41, 5.74) is 10.6. The first-order chi connectivity index (χ1) is 36.4. The van der Waals surface area contributed by atoms with Crippen molar-refractivity contribution in [2.24, 2.45) is 10.4 Å². The second-order valence-electron chi connectivity index (χ2n) is 21.3. The molecule has 5 aromatic rings. The number of fused-ring (bicyclic) bond motifs is 2. The summed E-state index contributed by atoms with van der Waals surface area (Å²) in [7, 11) is 0. The highest BCUT2D eigenvalue weighted by Crippen LogP contribution is 2.42. The fourth-order valence-electron chi connectivity index (χ4n) is 10.0. The number of likely N-dealkylation sites (tertiary alicyclic amines) is 1. The van der Waals surface area contributed by atoms with Crippen molar-refractivity contribution in [3.8, 4) is 17.1 Å². The number of amides is 3. The molecule has 1 fully saturated rings. The third kappa shape index (κ3) is 13.1. The fourth-order valence-corrected chi connectivity index (χ4v) is 10.0. The Bertz CT molecular complexity index is 2980. The second kappa shape index (κ2) is 24.3. The largest absolute Gasteiger partial charge is 0.494 e. The third-order valence-corrected chi connectivity index (χ3v) is 14.4. The van der Waals surface area contributed by atoms with E-state index in [9.17, 15) is 24.3 Å². The maximum atomic E-state index is 14.0. The quantitative estimate of drug-likeness (QED) is 0.0561. The van der Waals surface area contributed by atoms with Crippen LogP contribution in [0.5, 0.6) is 5.75 Å². The van der Waals surface area contributed by atoms with Crippen LogP contribution in [0.25, 0.3) is 17.0 Å². The number of carbonyl (C=O) groups is 4. The summed E-state index contributed by atoms with van der Waals surface area (Å²) in [5.74, 6) is 1.64. The zero-order valence-electron chi connectivity index (χ0n) is 45.3. The van der Waals surface area contributed by atoms with E-state index in [-0.39, 0.29) is 63.4 Å². The van der Waals surface area contributed by atoms with Crippen molar-refractivity contribution >= 4 is 34.9 Å². The van der Waals surface area contributed by atoms with Crippen molar-refractivity contribution in [3.63, 3.8) is 0 Å². The number of oxazole rings is 1. The molecule has 1 aliphatic carbocycles. The van der Waals surface area contributed by atoms with Gasteiger partial charge in [-0.25, -0.2) is 4.98 Å². The molecule has 2 aliphatic heterocycles. The highest BCUT2D eigenvalue weighted by molar-refractivity contribution is 6.19. The number of ketones is 1. The Labute approximate surface area is 445 Å². The summed E-state index contributed by atoms with van der Waals surface area (Å²) >= 11 is 0. The van der Waals surface area contributed by atoms with Gasteiger partial charge in [0, 0.05) is 61.2 Å². The Kier molecular flexibility index (Phi) is 17.6. The minimum Gasteiger partial charge on any atom is -0.494 e. The van der Waals surface area contributed by atoms with E-state index in [1.807, 2.05) is 90.1 Å². The van der Waals surface area contributed by atoms with E-state index in [0.29, 0.717) is 43.4 Å². The molecule has 2 aromatic heterocycles. The van der Waals surface area contributed by atoms with Gasteiger partial charge in [0.05, 0.1) is 55.8 Å². The van der Waals surface area contributed by atoms with Crippen molar-refractivity contribution in [1.82, 2.24) is 35.3 Å². The number of aromatic nitrogens is 4. The Morgan fingerprint density at radius 2 is 1.55 bits per heavy atom. The van der Waals surface area contributed by atoms with Gasteiger partial charge in [-0.3, -0.25) is 28.7 Å². The lowest BCUT2D eigenvalue weighted by atomic mass is 9.85. The van der Waals surface area contributed by atoms with E-state index >= 15 is 0 Å². The number of nitrogens with zero attached hydrogens (tertiary/aromatic N) is 6. The minimum absolute atomic E-state index is 0.00814. The van der Waals surface area contributed by atoms with Crippen LogP contribution in [0.2, 0.25) is 0 Å². The molecule has 402 valence electrons. The summed E-state index contributed by atoms with van der Waals surface area (Å²) < 4.78 is 24.9. The van der Waals surface area contributed by atoms with E-state index in [1.54, 1.807) is 0 Å². The van der Waals surface area contributed by atoms with Crippen LogP contribution >= 0.6 is 0 Å². The molecule has 3 unspecified atom stereocenters. The fraction of sp³-hybridized carbons (Fsp3) is 0.458. The highest BCUT2D eigenvalue weighted by Gasteiger charge is 2.44. The molecule has 17 heteroatoms. The molecule has 17 nitrogen and oxygen atoms in total. The molecular weight excluding hydrogens is 965 g/mol. The standard InChI is InChI=1S/C59H72N8O9/c1-35-11-16-43(17-12-35)54-53-37(3)36(2)29-49(53)67-40(6)64-65-57(67)47(62-54)31-51(70)61-38(4)42-20-22-46(23-21-42)75-26-10-25-73-27-28-74-33-52(71)63-56(59(7,8)9)58(72)66-32-45(68)30-48(66)50(69)24-15-41-13-18-44(19-14-41)55-39(5)60-34-76-55/h11-14,16-23,34,38,45,47-48,56,68H,10,15,24-33H2,1-9H3,(H,61,70)(H,63,71)/t38?,45?,47?,48-,56+/m0/s1. The van der Waals surface area contributed by atoms with Gasteiger partial charge in [-0.1, -0.05) is 92.6 Å². The molecule has 1 saturated heterocycles.